The zero-order valence-corrected chi connectivity index (χ0v) is 12.6. The molecule has 0 radical (unpaired) electrons. The van der Waals surface area contributed by atoms with Crippen molar-refractivity contribution in [3.05, 3.63) is 29.3 Å². The SMILES string of the molecule is CCCCOCC(O)COc1ccc(C)cc1C(C)O. The van der Waals surface area contributed by atoms with Crippen LogP contribution >= 0.6 is 0 Å². The van der Waals surface area contributed by atoms with Crippen LogP contribution in [0.1, 0.15) is 43.9 Å². The van der Waals surface area contributed by atoms with Gasteiger partial charge in [-0.15, -0.1) is 0 Å². The summed E-state index contributed by atoms with van der Waals surface area (Å²) in [6.07, 6.45) is 0.823. The molecule has 2 atom stereocenters. The van der Waals surface area contributed by atoms with E-state index in [1.165, 1.54) is 0 Å². The Bertz CT molecular complexity index is 390. The Morgan fingerprint density at radius 3 is 2.60 bits per heavy atom. The maximum Gasteiger partial charge on any atom is 0.125 e. The molecule has 0 heterocycles. The van der Waals surface area contributed by atoms with Crippen LogP contribution in [-0.2, 0) is 4.74 Å². The minimum atomic E-state index is -0.657. The minimum absolute atomic E-state index is 0.162. The van der Waals surface area contributed by atoms with Crippen LogP contribution in [0.3, 0.4) is 0 Å². The molecule has 0 aromatic heterocycles. The van der Waals surface area contributed by atoms with Gasteiger partial charge in [0.05, 0.1) is 12.7 Å². The molecule has 0 aliphatic heterocycles. The molecule has 0 aliphatic carbocycles. The molecule has 0 saturated heterocycles. The van der Waals surface area contributed by atoms with E-state index in [0.717, 1.165) is 24.0 Å². The fraction of sp³-hybridized carbons (Fsp3) is 0.625. The van der Waals surface area contributed by atoms with Crippen LogP contribution in [0.25, 0.3) is 0 Å². The van der Waals surface area contributed by atoms with Crippen molar-refractivity contribution in [3.63, 3.8) is 0 Å². The van der Waals surface area contributed by atoms with E-state index in [9.17, 15) is 10.2 Å². The van der Waals surface area contributed by atoms with Crippen molar-refractivity contribution in [3.8, 4) is 5.75 Å². The number of aliphatic hydroxyl groups is 2. The van der Waals surface area contributed by atoms with Crippen molar-refractivity contribution < 1.29 is 19.7 Å². The van der Waals surface area contributed by atoms with Gasteiger partial charge >= 0.3 is 0 Å². The monoisotopic (exact) mass is 282 g/mol. The van der Waals surface area contributed by atoms with Crippen LogP contribution in [0, 0.1) is 6.92 Å². The highest BCUT2D eigenvalue weighted by Crippen LogP contribution is 2.26. The number of rotatable bonds is 9. The highest BCUT2D eigenvalue weighted by atomic mass is 16.5. The minimum Gasteiger partial charge on any atom is -0.490 e. The van der Waals surface area contributed by atoms with Crippen molar-refractivity contribution >= 4 is 0 Å². The van der Waals surface area contributed by atoms with Gasteiger partial charge in [-0.3, -0.25) is 0 Å². The summed E-state index contributed by atoms with van der Waals surface area (Å²) in [7, 11) is 0. The molecule has 0 aliphatic rings. The second-order valence-electron chi connectivity index (χ2n) is 5.11. The van der Waals surface area contributed by atoms with Gasteiger partial charge in [-0.05, 0) is 32.4 Å². The van der Waals surface area contributed by atoms with Gasteiger partial charge in [0.25, 0.3) is 0 Å². The molecule has 114 valence electrons. The zero-order valence-electron chi connectivity index (χ0n) is 12.6. The summed E-state index contributed by atoms with van der Waals surface area (Å²) in [6, 6.07) is 5.64. The van der Waals surface area contributed by atoms with Crippen molar-refractivity contribution in [2.45, 2.75) is 45.8 Å². The van der Waals surface area contributed by atoms with Crippen molar-refractivity contribution in [2.24, 2.45) is 0 Å². The highest BCUT2D eigenvalue weighted by molar-refractivity contribution is 5.38. The molecule has 1 aromatic carbocycles. The summed E-state index contributed by atoms with van der Waals surface area (Å²) in [5.41, 5.74) is 1.81. The third-order valence-corrected chi connectivity index (χ3v) is 3.00. The van der Waals surface area contributed by atoms with Crippen molar-refractivity contribution in [1.29, 1.82) is 0 Å². The maximum absolute atomic E-state index is 9.78. The van der Waals surface area contributed by atoms with Crippen molar-refractivity contribution in [1.82, 2.24) is 0 Å². The second-order valence-corrected chi connectivity index (χ2v) is 5.11. The number of aliphatic hydroxyl groups excluding tert-OH is 2. The van der Waals surface area contributed by atoms with E-state index in [-0.39, 0.29) is 13.2 Å². The summed E-state index contributed by atoms with van der Waals surface area (Å²) in [5, 5.41) is 19.5. The lowest BCUT2D eigenvalue weighted by Crippen LogP contribution is -2.24. The lowest BCUT2D eigenvalue weighted by Gasteiger charge is -2.17. The Morgan fingerprint density at radius 2 is 1.95 bits per heavy atom. The highest BCUT2D eigenvalue weighted by Gasteiger charge is 2.12. The third-order valence-electron chi connectivity index (χ3n) is 3.00. The fourth-order valence-corrected chi connectivity index (χ4v) is 1.83. The topological polar surface area (TPSA) is 58.9 Å². The smallest absolute Gasteiger partial charge is 0.125 e. The van der Waals surface area contributed by atoms with E-state index in [1.807, 2.05) is 25.1 Å². The molecular formula is C16H26O4. The number of benzene rings is 1. The molecule has 0 amide bonds. The van der Waals surface area contributed by atoms with Gasteiger partial charge in [-0.2, -0.15) is 0 Å². The van der Waals surface area contributed by atoms with E-state index in [4.69, 9.17) is 9.47 Å². The van der Waals surface area contributed by atoms with E-state index in [2.05, 4.69) is 6.92 Å². The van der Waals surface area contributed by atoms with E-state index < -0.39 is 12.2 Å². The van der Waals surface area contributed by atoms with Gasteiger partial charge in [0.1, 0.15) is 18.5 Å². The Hall–Kier alpha value is -1.10. The first-order valence-corrected chi connectivity index (χ1v) is 7.21. The molecule has 0 spiro atoms. The van der Waals surface area contributed by atoms with E-state index in [1.54, 1.807) is 6.92 Å². The average Bonchev–Trinajstić information content (AvgIpc) is 2.42. The number of hydrogen-bond donors (Lipinski definition) is 2. The summed E-state index contributed by atoms with van der Waals surface area (Å²) in [6.45, 7) is 6.86. The largest absolute Gasteiger partial charge is 0.490 e. The average molecular weight is 282 g/mol. The molecule has 0 fully saturated rings. The van der Waals surface area contributed by atoms with Gasteiger partial charge in [-0.1, -0.05) is 25.0 Å². The molecule has 0 saturated carbocycles. The Morgan fingerprint density at radius 1 is 1.20 bits per heavy atom. The number of ether oxygens (including phenoxy) is 2. The van der Waals surface area contributed by atoms with Gasteiger partial charge in [0.2, 0.25) is 0 Å². The first kappa shape index (κ1) is 17.0. The van der Waals surface area contributed by atoms with Gasteiger partial charge in [0, 0.05) is 12.2 Å². The molecule has 1 rings (SSSR count). The lowest BCUT2D eigenvalue weighted by atomic mass is 10.1. The predicted octanol–water partition coefficient (Wildman–Crippen LogP) is 2.60. The summed E-state index contributed by atoms with van der Waals surface area (Å²) in [5.74, 6) is 0.609. The zero-order chi connectivity index (χ0) is 15.0. The van der Waals surface area contributed by atoms with Crippen LogP contribution in [0.5, 0.6) is 5.75 Å². The van der Waals surface area contributed by atoms with Gasteiger partial charge in [0.15, 0.2) is 0 Å². The Kier molecular flexibility index (Phi) is 7.59. The lowest BCUT2D eigenvalue weighted by molar-refractivity contribution is 0.0107. The first-order valence-electron chi connectivity index (χ1n) is 7.21. The van der Waals surface area contributed by atoms with Crippen LogP contribution in [-0.4, -0.2) is 36.1 Å². The Labute approximate surface area is 121 Å². The van der Waals surface area contributed by atoms with Crippen LogP contribution in [0.2, 0.25) is 0 Å². The quantitative estimate of drug-likeness (QED) is 0.684. The Balaban J connectivity index is 2.44. The standard InChI is InChI=1S/C16H26O4/c1-4-5-8-19-10-14(18)11-20-16-7-6-12(2)9-15(16)13(3)17/h6-7,9,13-14,17-18H,4-5,8,10-11H2,1-3H3. The van der Waals surface area contributed by atoms with Crippen LogP contribution in [0.15, 0.2) is 18.2 Å². The molecule has 4 nitrogen and oxygen atoms in total. The molecule has 1 aromatic rings. The first-order chi connectivity index (χ1) is 9.54. The van der Waals surface area contributed by atoms with Crippen LogP contribution < -0.4 is 4.74 Å². The second kappa shape index (κ2) is 8.95. The molecule has 20 heavy (non-hydrogen) atoms. The molecular weight excluding hydrogens is 256 g/mol. The third kappa shape index (κ3) is 5.90. The van der Waals surface area contributed by atoms with Crippen molar-refractivity contribution in [2.75, 3.05) is 19.8 Å². The number of aryl methyl sites for hydroxylation is 1. The summed E-state index contributed by atoms with van der Waals surface area (Å²) < 4.78 is 10.9. The predicted molar refractivity (Wildman–Crippen MR) is 79.0 cm³/mol. The summed E-state index contributed by atoms with van der Waals surface area (Å²) >= 11 is 0. The number of unbranched alkanes of at least 4 members (excludes halogenated alkanes) is 1. The molecule has 2 unspecified atom stereocenters. The van der Waals surface area contributed by atoms with Crippen LogP contribution in [0.4, 0.5) is 0 Å². The molecule has 2 N–H and O–H groups in total. The molecule has 0 bridgehead atoms. The number of hydrogen-bond acceptors (Lipinski definition) is 4. The maximum atomic E-state index is 9.78. The van der Waals surface area contributed by atoms with E-state index >= 15 is 0 Å². The molecule has 4 heteroatoms. The van der Waals surface area contributed by atoms with E-state index in [0.29, 0.717) is 12.4 Å². The van der Waals surface area contributed by atoms with Gasteiger partial charge in [-0.25, -0.2) is 0 Å². The normalized spacial score (nSPS) is 14.1. The van der Waals surface area contributed by atoms with Gasteiger partial charge < -0.3 is 19.7 Å². The summed E-state index contributed by atoms with van der Waals surface area (Å²) in [4.78, 5) is 0. The fourth-order valence-electron chi connectivity index (χ4n) is 1.83.